The van der Waals surface area contributed by atoms with Crippen LogP contribution in [0.15, 0.2) is 53.4 Å². The lowest BCUT2D eigenvalue weighted by Gasteiger charge is -2.31. The molecule has 0 aromatic heterocycles. The number of piperazine rings is 1. The van der Waals surface area contributed by atoms with Crippen molar-refractivity contribution in [2.24, 2.45) is 0 Å². The summed E-state index contributed by atoms with van der Waals surface area (Å²) in [6, 6.07) is 12.3. The van der Waals surface area contributed by atoms with Crippen molar-refractivity contribution in [3.05, 3.63) is 59.7 Å². The standard InChI is InChI=1S/C22H27N3O5S/c1-16(2)30-22(27)17-7-9-19(10-8-17)23-21(26)18-5-4-6-20(15-18)31(28,29)25-13-11-24(3)12-14-25/h4-10,15-16H,11-14H2,1-3H3,(H,23,26). The van der Waals surface area contributed by atoms with Gasteiger partial charge in [0.05, 0.1) is 16.6 Å². The topological polar surface area (TPSA) is 96.0 Å². The van der Waals surface area contributed by atoms with Gasteiger partial charge in [0.1, 0.15) is 0 Å². The van der Waals surface area contributed by atoms with E-state index in [0.29, 0.717) is 37.4 Å². The summed E-state index contributed by atoms with van der Waals surface area (Å²) in [4.78, 5) is 26.7. The summed E-state index contributed by atoms with van der Waals surface area (Å²) >= 11 is 0. The fourth-order valence-electron chi connectivity index (χ4n) is 3.15. The van der Waals surface area contributed by atoms with Crippen LogP contribution in [0.1, 0.15) is 34.6 Å². The van der Waals surface area contributed by atoms with Crippen LogP contribution >= 0.6 is 0 Å². The molecular weight excluding hydrogens is 418 g/mol. The van der Waals surface area contributed by atoms with Gasteiger partial charge in [-0.25, -0.2) is 13.2 Å². The molecule has 0 aliphatic carbocycles. The number of esters is 1. The predicted octanol–water partition coefficient (Wildman–Crippen LogP) is 2.44. The van der Waals surface area contributed by atoms with Gasteiger partial charge in [-0.1, -0.05) is 6.07 Å². The van der Waals surface area contributed by atoms with E-state index >= 15 is 0 Å². The van der Waals surface area contributed by atoms with Crippen molar-refractivity contribution < 1.29 is 22.7 Å². The Morgan fingerprint density at radius 3 is 2.23 bits per heavy atom. The van der Waals surface area contributed by atoms with Crippen molar-refractivity contribution in [3.63, 3.8) is 0 Å². The molecule has 1 N–H and O–H groups in total. The molecule has 9 heteroatoms. The first-order valence-corrected chi connectivity index (χ1v) is 11.5. The maximum Gasteiger partial charge on any atom is 0.338 e. The van der Waals surface area contributed by atoms with Crippen molar-refractivity contribution in [2.75, 3.05) is 38.5 Å². The Kier molecular flexibility index (Phi) is 7.09. The van der Waals surface area contributed by atoms with Crippen molar-refractivity contribution in [1.82, 2.24) is 9.21 Å². The number of amides is 1. The van der Waals surface area contributed by atoms with E-state index in [1.165, 1.54) is 16.4 Å². The average molecular weight is 446 g/mol. The summed E-state index contributed by atoms with van der Waals surface area (Å²) < 4.78 is 32.5. The highest BCUT2D eigenvalue weighted by Gasteiger charge is 2.28. The zero-order valence-electron chi connectivity index (χ0n) is 17.9. The van der Waals surface area contributed by atoms with Crippen molar-refractivity contribution in [1.29, 1.82) is 0 Å². The fraction of sp³-hybridized carbons (Fsp3) is 0.364. The molecule has 1 fully saturated rings. The maximum absolute atomic E-state index is 12.9. The minimum Gasteiger partial charge on any atom is -0.459 e. The van der Waals surface area contributed by atoms with Gasteiger partial charge < -0.3 is 15.0 Å². The van der Waals surface area contributed by atoms with Crippen molar-refractivity contribution in [3.8, 4) is 0 Å². The third-order valence-electron chi connectivity index (χ3n) is 4.92. The monoisotopic (exact) mass is 445 g/mol. The Balaban J connectivity index is 1.71. The van der Waals surface area contributed by atoms with E-state index in [1.807, 2.05) is 7.05 Å². The molecule has 1 aliphatic heterocycles. The number of hydrogen-bond acceptors (Lipinski definition) is 6. The molecule has 1 aliphatic rings. The fourth-order valence-corrected chi connectivity index (χ4v) is 4.62. The lowest BCUT2D eigenvalue weighted by Crippen LogP contribution is -2.47. The Morgan fingerprint density at radius 2 is 1.61 bits per heavy atom. The second-order valence-corrected chi connectivity index (χ2v) is 9.66. The molecule has 1 saturated heterocycles. The van der Waals surface area contributed by atoms with E-state index in [2.05, 4.69) is 10.2 Å². The highest BCUT2D eigenvalue weighted by Crippen LogP contribution is 2.20. The SMILES string of the molecule is CC(C)OC(=O)c1ccc(NC(=O)c2cccc(S(=O)(=O)N3CCN(C)CC3)c2)cc1. The van der Waals surface area contributed by atoms with Crippen LogP contribution in [0.5, 0.6) is 0 Å². The normalized spacial score (nSPS) is 15.6. The molecule has 0 atom stereocenters. The number of nitrogens with one attached hydrogen (secondary N) is 1. The molecule has 3 rings (SSSR count). The number of carbonyl (C=O) groups is 2. The van der Waals surface area contributed by atoms with Gasteiger partial charge in [0.15, 0.2) is 0 Å². The Morgan fingerprint density at radius 1 is 0.968 bits per heavy atom. The second kappa shape index (κ2) is 9.59. The Labute approximate surface area is 182 Å². The maximum atomic E-state index is 12.9. The van der Waals surface area contributed by atoms with Crippen LogP contribution in [-0.4, -0.2) is 68.8 Å². The Bertz CT molecular complexity index is 1040. The number of ether oxygens (including phenoxy) is 1. The number of sulfonamides is 1. The van der Waals surface area contributed by atoms with Crippen LogP contribution in [0.4, 0.5) is 5.69 Å². The van der Waals surface area contributed by atoms with Crippen LogP contribution in [0, 0.1) is 0 Å². The van der Waals surface area contributed by atoms with Crippen LogP contribution in [0.2, 0.25) is 0 Å². The highest BCUT2D eigenvalue weighted by atomic mass is 32.2. The van der Waals surface area contributed by atoms with Gasteiger partial charge in [0.25, 0.3) is 5.91 Å². The number of benzene rings is 2. The number of carbonyl (C=O) groups excluding carboxylic acids is 2. The molecule has 8 nitrogen and oxygen atoms in total. The second-order valence-electron chi connectivity index (χ2n) is 7.72. The van der Waals surface area contributed by atoms with Gasteiger partial charge in [-0.2, -0.15) is 4.31 Å². The van der Waals surface area contributed by atoms with E-state index in [-0.39, 0.29) is 16.6 Å². The molecule has 2 aromatic carbocycles. The summed E-state index contributed by atoms with van der Waals surface area (Å²) in [5, 5.41) is 2.72. The first-order valence-electron chi connectivity index (χ1n) is 10.1. The van der Waals surface area contributed by atoms with E-state index < -0.39 is 21.9 Å². The Hall–Kier alpha value is -2.75. The van der Waals surface area contributed by atoms with Gasteiger partial charge in [-0.15, -0.1) is 0 Å². The van der Waals surface area contributed by atoms with Crippen LogP contribution in [0.25, 0.3) is 0 Å². The summed E-state index contributed by atoms with van der Waals surface area (Å²) in [5.74, 6) is -0.873. The van der Waals surface area contributed by atoms with Crippen LogP contribution < -0.4 is 5.32 Å². The first-order chi connectivity index (χ1) is 14.7. The highest BCUT2D eigenvalue weighted by molar-refractivity contribution is 7.89. The van der Waals surface area contributed by atoms with E-state index in [9.17, 15) is 18.0 Å². The molecule has 166 valence electrons. The number of likely N-dealkylation sites (N-methyl/N-ethyl adjacent to an activating group) is 1. The van der Waals surface area contributed by atoms with Gasteiger partial charge in [0, 0.05) is 37.4 Å². The summed E-state index contributed by atoms with van der Waals surface area (Å²) in [6.07, 6.45) is -0.221. The summed E-state index contributed by atoms with van der Waals surface area (Å²) in [6.45, 7) is 5.71. The molecular formula is C22H27N3O5S. The summed E-state index contributed by atoms with van der Waals surface area (Å²) in [7, 11) is -1.71. The lowest BCUT2D eigenvalue weighted by atomic mass is 10.2. The van der Waals surface area contributed by atoms with Crippen molar-refractivity contribution in [2.45, 2.75) is 24.8 Å². The average Bonchev–Trinajstić information content (AvgIpc) is 2.74. The zero-order chi connectivity index (χ0) is 22.6. The minimum absolute atomic E-state index is 0.0940. The minimum atomic E-state index is -3.66. The van der Waals surface area contributed by atoms with Crippen molar-refractivity contribution >= 4 is 27.6 Å². The molecule has 0 radical (unpaired) electrons. The molecule has 0 bridgehead atoms. The van der Waals surface area contributed by atoms with Gasteiger partial charge in [0.2, 0.25) is 10.0 Å². The van der Waals surface area contributed by atoms with E-state index in [4.69, 9.17) is 4.74 Å². The molecule has 1 heterocycles. The van der Waals surface area contributed by atoms with E-state index in [0.717, 1.165) is 0 Å². The third kappa shape index (κ3) is 5.69. The molecule has 0 unspecified atom stereocenters. The number of anilines is 1. The lowest BCUT2D eigenvalue weighted by molar-refractivity contribution is 0.0378. The molecule has 0 spiro atoms. The zero-order valence-corrected chi connectivity index (χ0v) is 18.7. The first kappa shape index (κ1) is 22.9. The smallest absolute Gasteiger partial charge is 0.338 e. The molecule has 1 amide bonds. The molecule has 31 heavy (non-hydrogen) atoms. The number of hydrogen-bond donors (Lipinski definition) is 1. The van der Waals surface area contributed by atoms with Gasteiger partial charge in [-0.3, -0.25) is 4.79 Å². The predicted molar refractivity (Wildman–Crippen MR) is 118 cm³/mol. The third-order valence-corrected chi connectivity index (χ3v) is 6.81. The molecule has 0 saturated carbocycles. The van der Waals surface area contributed by atoms with Gasteiger partial charge in [-0.05, 0) is 63.4 Å². The van der Waals surface area contributed by atoms with Crippen LogP contribution in [-0.2, 0) is 14.8 Å². The van der Waals surface area contributed by atoms with Crippen LogP contribution in [0.3, 0.4) is 0 Å². The van der Waals surface area contributed by atoms with Gasteiger partial charge >= 0.3 is 5.97 Å². The van der Waals surface area contributed by atoms with E-state index in [1.54, 1.807) is 50.2 Å². The quantitative estimate of drug-likeness (QED) is 0.686. The number of rotatable bonds is 6. The molecule has 2 aromatic rings. The number of nitrogens with zero attached hydrogens (tertiary/aromatic N) is 2. The largest absolute Gasteiger partial charge is 0.459 e. The summed E-state index contributed by atoms with van der Waals surface area (Å²) in [5.41, 5.74) is 1.10.